The molecule has 7 nitrogen and oxygen atoms in total. The number of rotatable bonds is 5. The molecule has 7 heteroatoms. The van der Waals surface area contributed by atoms with Gasteiger partial charge < -0.3 is 16.4 Å². The lowest BCUT2D eigenvalue weighted by atomic mass is 10.1. The molecule has 5 N–H and O–H groups in total. The number of aryl methyl sites for hydroxylation is 1. The molecule has 1 aromatic carbocycles. The third-order valence-electron chi connectivity index (χ3n) is 3.03. The summed E-state index contributed by atoms with van der Waals surface area (Å²) in [6.45, 7) is 1.96. The highest BCUT2D eigenvalue weighted by Gasteiger charge is 2.22. The summed E-state index contributed by atoms with van der Waals surface area (Å²) in [7, 11) is 0. The van der Waals surface area contributed by atoms with Crippen LogP contribution in [0.5, 0.6) is 0 Å². The summed E-state index contributed by atoms with van der Waals surface area (Å²) in [4.78, 5) is 23.5. The van der Waals surface area contributed by atoms with Gasteiger partial charge in [-0.05, 0) is 12.0 Å². The highest BCUT2D eigenvalue weighted by molar-refractivity contribution is 5.97. The molecule has 0 saturated carbocycles. The highest BCUT2D eigenvalue weighted by atomic mass is 16.2. The van der Waals surface area contributed by atoms with E-state index in [0.29, 0.717) is 11.4 Å². The van der Waals surface area contributed by atoms with E-state index in [0.717, 1.165) is 12.0 Å². The minimum absolute atomic E-state index is 0.390. The lowest BCUT2D eigenvalue weighted by Crippen LogP contribution is -2.40. The Morgan fingerprint density at radius 3 is 2.67 bits per heavy atom. The topological polar surface area (TPSA) is 113 Å². The summed E-state index contributed by atoms with van der Waals surface area (Å²) in [5.41, 5.74) is 6.68. The van der Waals surface area contributed by atoms with E-state index < -0.39 is 12.1 Å². The number of benzene rings is 1. The smallest absolute Gasteiger partial charge is 0.313 e. The van der Waals surface area contributed by atoms with Gasteiger partial charge in [0.05, 0.1) is 6.20 Å². The van der Waals surface area contributed by atoms with Gasteiger partial charge in [0, 0.05) is 5.56 Å². The Balaban J connectivity index is 2.21. The van der Waals surface area contributed by atoms with Crippen molar-refractivity contribution in [3.05, 3.63) is 47.7 Å². The van der Waals surface area contributed by atoms with Gasteiger partial charge >= 0.3 is 6.03 Å². The summed E-state index contributed by atoms with van der Waals surface area (Å²) in [6, 6.07) is 7.25. The Kier molecular flexibility index (Phi) is 4.55. The second kappa shape index (κ2) is 6.56. The largest absolute Gasteiger partial charge is 0.352 e. The van der Waals surface area contributed by atoms with Crippen LogP contribution in [0.25, 0.3) is 0 Å². The van der Waals surface area contributed by atoms with Crippen LogP contribution < -0.4 is 16.4 Å². The maximum Gasteiger partial charge on any atom is 0.313 e. The fourth-order valence-electron chi connectivity index (χ4n) is 1.97. The maximum absolute atomic E-state index is 12.4. The monoisotopic (exact) mass is 287 g/mol. The summed E-state index contributed by atoms with van der Waals surface area (Å²) >= 11 is 0. The van der Waals surface area contributed by atoms with Crippen molar-refractivity contribution < 1.29 is 9.59 Å². The zero-order valence-corrected chi connectivity index (χ0v) is 11.6. The van der Waals surface area contributed by atoms with Crippen molar-refractivity contribution >= 4 is 17.8 Å². The van der Waals surface area contributed by atoms with E-state index in [9.17, 15) is 9.59 Å². The minimum Gasteiger partial charge on any atom is -0.352 e. The van der Waals surface area contributed by atoms with E-state index in [4.69, 9.17) is 5.73 Å². The molecule has 110 valence electrons. The van der Waals surface area contributed by atoms with Gasteiger partial charge in [-0.1, -0.05) is 37.3 Å². The number of primary amides is 1. The first kappa shape index (κ1) is 14.6. The molecule has 0 saturated heterocycles. The molecule has 0 bridgehead atoms. The summed E-state index contributed by atoms with van der Waals surface area (Å²) in [6.07, 6.45) is 2.38. The molecule has 0 aliphatic rings. The molecule has 1 aromatic heterocycles. The average Bonchev–Trinajstić information content (AvgIpc) is 2.92. The number of nitrogens with one attached hydrogen (secondary N) is 3. The van der Waals surface area contributed by atoms with Crippen molar-refractivity contribution in [2.75, 3.05) is 5.32 Å². The number of anilines is 1. The second-order valence-corrected chi connectivity index (χ2v) is 4.47. The van der Waals surface area contributed by atoms with Crippen LogP contribution >= 0.6 is 0 Å². The number of nitrogens with zero attached hydrogens (tertiary/aromatic N) is 1. The van der Waals surface area contributed by atoms with Crippen molar-refractivity contribution in [1.29, 1.82) is 0 Å². The first-order valence-electron chi connectivity index (χ1n) is 6.55. The van der Waals surface area contributed by atoms with Gasteiger partial charge in [-0.25, -0.2) is 4.79 Å². The van der Waals surface area contributed by atoms with Crippen molar-refractivity contribution in [2.45, 2.75) is 19.4 Å². The number of H-pyrrole nitrogens is 1. The first-order chi connectivity index (χ1) is 10.1. The molecule has 0 aliphatic carbocycles. The Hall–Kier alpha value is -2.83. The van der Waals surface area contributed by atoms with E-state index in [2.05, 4.69) is 20.8 Å². The van der Waals surface area contributed by atoms with Crippen LogP contribution in [-0.2, 0) is 11.2 Å². The zero-order valence-electron chi connectivity index (χ0n) is 11.6. The van der Waals surface area contributed by atoms with Crippen molar-refractivity contribution in [3.63, 3.8) is 0 Å². The fraction of sp³-hybridized carbons (Fsp3) is 0.214. The Morgan fingerprint density at radius 2 is 2.05 bits per heavy atom. The number of amides is 3. The van der Waals surface area contributed by atoms with Crippen LogP contribution in [0.2, 0.25) is 0 Å². The second-order valence-electron chi connectivity index (χ2n) is 4.47. The molecule has 0 spiro atoms. The van der Waals surface area contributed by atoms with Gasteiger partial charge in [-0.3, -0.25) is 9.89 Å². The van der Waals surface area contributed by atoms with Gasteiger partial charge in [0.2, 0.25) is 0 Å². The molecule has 0 radical (unpaired) electrons. The van der Waals surface area contributed by atoms with Crippen LogP contribution in [0, 0.1) is 0 Å². The molecule has 2 aromatic rings. The van der Waals surface area contributed by atoms with Crippen LogP contribution in [-0.4, -0.2) is 22.1 Å². The third-order valence-corrected chi connectivity index (χ3v) is 3.03. The van der Waals surface area contributed by atoms with E-state index in [1.54, 1.807) is 30.5 Å². The number of carbonyl (C=O) groups is 2. The van der Waals surface area contributed by atoms with Crippen LogP contribution in [0.15, 0.2) is 36.5 Å². The number of aromatic nitrogens is 2. The number of aromatic amines is 1. The molecule has 3 amide bonds. The first-order valence-corrected chi connectivity index (χ1v) is 6.55. The Labute approximate surface area is 121 Å². The zero-order chi connectivity index (χ0) is 15.2. The number of carbonyl (C=O) groups excluding carboxylic acids is 2. The summed E-state index contributed by atoms with van der Waals surface area (Å²) in [5, 5.41) is 11.8. The van der Waals surface area contributed by atoms with Gasteiger partial charge in [0.25, 0.3) is 5.91 Å². The van der Waals surface area contributed by atoms with Crippen molar-refractivity contribution in [2.24, 2.45) is 5.73 Å². The van der Waals surface area contributed by atoms with Crippen molar-refractivity contribution in [3.8, 4) is 0 Å². The third kappa shape index (κ3) is 3.59. The number of hydrogen-bond donors (Lipinski definition) is 4. The number of nitrogens with two attached hydrogens (primary N) is 1. The number of urea groups is 1. The Morgan fingerprint density at radius 1 is 1.33 bits per heavy atom. The standard InChI is InChI=1S/C14H17N5O2/c1-2-9-8-16-19-12(9)18-13(20)11(17-14(15)21)10-6-4-3-5-7-10/h3-8,11H,2H2,1H3,(H3,15,17,21)(H2,16,18,19,20). The van der Waals surface area contributed by atoms with E-state index in [1.165, 1.54) is 0 Å². The number of hydrogen-bond acceptors (Lipinski definition) is 3. The predicted octanol–water partition coefficient (Wildman–Crippen LogP) is 1.32. The predicted molar refractivity (Wildman–Crippen MR) is 78.5 cm³/mol. The molecule has 2 rings (SSSR count). The lowest BCUT2D eigenvalue weighted by molar-refractivity contribution is -0.118. The molecule has 1 unspecified atom stereocenters. The molecular weight excluding hydrogens is 270 g/mol. The van der Waals surface area contributed by atoms with Crippen LogP contribution in [0.4, 0.5) is 10.6 Å². The van der Waals surface area contributed by atoms with Gasteiger partial charge in [-0.2, -0.15) is 5.10 Å². The van der Waals surface area contributed by atoms with Gasteiger partial charge in [0.15, 0.2) is 0 Å². The molecule has 21 heavy (non-hydrogen) atoms. The molecule has 0 fully saturated rings. The highest BCUT2D eigenvalue weighted by Crippen LogP contribution is 2.17. The molecule has 1 heterocycles. The van der Waals surface area contributed by atoms with Gasteiger partial charge in [-0.15, -0.1) is 0 Å². The fourth-order valence-corrected chi connectivity index (χ4v) is 1.97. The van der Waals surface area contributed by atoms with Crippen molar-refractivity contribution in [1.82, 2.24) is 15.5 Å². The molecule has 1 atom stereocenters. The van der Waals surface area contributed by atoms with E-state index in [-0.39, 0.29) is 5.91 Å². The molecule has 0 aliphatic heterocycles. The van der Waals surface area contributed by atoms with E-state index >= 15 is 0 Å². The average molecular weight is 287 g/mol. The summed E-state index contributed by atoms with van der Waals surface area (Å²) in [5.74, 6) is 0.133. The lowest BCUT2D eigenvalue weighted by Gasteiger charge is -2.17. The molecular formula is C14H17N5O2. The Bertz CT molecular complexity index is 623. The van der Waals surface area contributed by atoms with Crippen LogP contribution in [0.3, 0.4) is 0 Å². The quantitative estimate of drug-likeness (QED) is 0.665. The maximum atomic E-state index is 12.4. The normalized spacial score (nSPS) is 11.7. The minimum atomic E-state index is -0.864. The summed E-state index contributed by atoms with van der Waals surface area (Å²) < 4.78 is 0. The van der Waals surface area contributed by atoms with Gasteiger partial charge in [0.1, 0.15) is 11.9 Å². The van der Waals surface area contributed by atoms with Crippen LogP contribution in [0.1, 0.15) is 24.1 Å². The SMILES string of the molecule is CCc1cn[nH]c1NC(=O)C(NC(N)=O)c1ccccc1. The van der Waals surface area contributed by atoms with E-state index in [1.807, 2.05) is 13.0 Å².